The van der Waals surface area contributed by atoms with E-state index in [1.54, 1.807) is 48.7 Å². The predicted molar refractivity (Wildman–Crippen MR) is 114 cm³/mol. The number of hydrogen-bond donors (Lipinski definition) is 1. The molecule has 0 aliphatic heterocycles. The first-order valence-corrected chi connectivity index (χ1v) is 9.68. The molecule has 0 amide bonds. The Morgan fingerprint density at radius 1 is 1.17 bits per heavy atom. The second-order valence-electron chi connectivity index (χ2n) is 6.21. The van der Waals surface area contributed by atoms with E-state index in [0.29, 0.717) is 46.2 Å². The number of phenols is 1. The molecule has 0 fully saturated rings. The Balaban J connectivity index is 1.64. The molecular formula is C22H16BrFN2O3. The molecule has 1 aromatic heterocycles. The minimum absolute atomic E-state index is 0.0277. The van der Waals surface area contributed by atoms with Gasteiger partial charge in [-0.1, -0.05) is 15.9 Å². The van der Waals surface area contributed by atoms with Crippen molar-refractivity contribution in [3.05, 3.63) is 70.5 Å². The molecule has 4 aromatic rings. The Kier molecular flexibility index (Phi) is 5.31. The highest BCUT2D eigenvalue weighted by molar-refractivity contribution is 9.10. The summed E-state index contributed by atoms with van der Waals surface area (Å²) in [6, 6.07) is 14.8. The fourth-order valence-electron chi connectivity index (χ4n) is 2.81. The second kappa shape index (κ2) is 8.05. The van der Waals surface area contributed by atoms with Crippen molar-refractivity contribution in [1.82, 2.24) is 4.98 Å². The van der Waals surface area contributed by atoms with Crippen molar-refractivity contribution in [3.8, 4) is 23.0 Å². The largest absolute Gasteiger partial charge is 0.504 e. The number of aliphatic imine (C=N–C) groups is 1. The number of nitrogens with zero attached hydrogens (tertiary/aromatic N) is 2. The van der Waals surface area contributed by atoms with Gasteiger partial charge in [-0.2, -0.15) is 0 Å². The normalized spacial score (nSPS) is 11.4. The zero-order valence-corrected chi connectivity index (χ0v) is 17.0. The maximum absolute atomic E-state index is 13.1. The number of rotatable bonds is 5. The number of fused-ring (bicyclic) bond motifs is 1. The number of phenolic OH excluding ortho intramolecular Hbond substituents is 1. The van der Waals surface area contributed by atoms with Crippen LogP contribution in [0.2, 0.25) is 0 Å². The van der Waals surface area contributed by atoms with Gasteiger partial charge in [0.2, 0.25) is 5.89 Å². The molecule has 0 aliphatic rings. The Hall–Kier alpha value is -3.19. The van der Waals surface area contributed by atoms with Crippen molar-refractivity contribution in [2.75, 3.05) is 6.61 Å². The lowest BCUT2D eigenvalue weighted by atomic mass is 10.2. The zero-order valence-electron chi connectivity index (χ0n) is 15.4. The SMILES string of the molecule is CCOc1cc(Br)cc(C=Nc2ccc3oc(-c4ccc(F)cc4)nc3c2)c1O. The Morgan fingerprint density at radius 2 is 1.97 bits per heavy atom. The Morgan fingerprint density at radius 3 is 2.72 bits per heavy atom. The number of hydrogen-bond acceptors (Lipinski definition) is 5. The molecule has 0 bridgehead atoms. The fourth-order valence-corrected chi connectivity index (χ4v) is 3.27. The minimum Gasteiger partial charge on any atom is -0.504 e. The summed E-state index contributed by atoms with van der Waals surface area (Å²) in [6.45, 7) is 2.29. The molecule has 0 aliphatic carbocycles. The lowest BCUT2D eigenvalue weighted by Crippen LogP contribution is -1.94. The number of aromatic hydroxyl groups is 1. The molecule has 7 heteroatoms. The standard InChI is InChI=1S/C22H16BrFN2O3/c1-2-28-20-10-15(23)9-14(21(20)27)12-25-17-7-8-19-18(11-17)26-22(29-19)13-3-5-16(24)6-4-13/h3-12,27H,2H2,1H3. The highest BCUT2D eigenvalue weighted by Crippen LogP contribution is 2.33. The highest BCUT2D eigenvalue weighted by Gasteiger charge is 2.10. The summed E-state index contributed by atoms with van der Waals surface area (Å²) in [5.74, 6) is 0.510. The average molecular weight is 455 g/mol. The lowest BCUT2D eigenvalue weighted by Gasteiger charge is -2.08. The summed E-state index contributed by atoms with van der Waals surface area (Å²) in [5.41, 5.74) is 3.10. The molecule has 1 N–H and O–H groups in total. The zero-order chi connectivity index (χ0) is 20.4. The predicted octanol–water partition coefficient (Wildman–Crippen LogP) is 6.25. The summed E-state index contributed by atoms with van der Waals surface area (Å²) < 4.78 is 25.1. The second-order valence-corrected chi connectivity index (χ2v) is 7.13. The van der Waals surface area contributed by atoms with Gasteiger partial charge in [0, 0.05) is 21.8 Å². The molecule has 5 nitrogen and oxygen atoms in total. The van der Waals surface area contributed by atoms with Crippen LogP contribution in [0.1, 0.15) is 12.5 Å². The number of oxazole rings is 1. The minimum atomic E-state index is -0.315. The molecule has 4 rings (SSSR count). The number of halogens is 2. The summed E-state index contributed by atoms with van der Waals surface area (Å²) in [7, 11) is 0. The number of ether oxygens (including phenoxy) is 1. The van der Waals surface area contributed by atoms with Crippen molar-refractivity contribution in [2.24, 2.45) is 4.99 Å². The third-order valence-corrected chi connectivity index (χ3v) is 4.64. The van der Waals surface area contributed by atoms with Gasteiger partial charge in [-0.15, -0.1) is 0 Å². The van der Waals surface area contributed by atoms with Gasteiger partial charge < -0.3 is 14.3 Å². The van der Waals surface area contributed by atoms with Gasteiger partial charge >= 0.3 is 0 Å². The van der Waals surface area contributed by atoms with Crippen LogP contribution in [0.15, 0.2) is 68.5 Å². The number of aromatic nitrogens is 1. The van der Waals surface area contributed by atoms with Crippen molar-refractivity contribution < 1.29 is 18.7 Å². The van der Waals surface area contributed by atoms with Gasteiger partial charge in [0.15, 0.2) is 17.1 Å². The summed E-state index contributed by atoms with van der Waals surface area (Å²) >= 11 is 3.41. The third-order valence-electron chi connectivity index (χ3n) is 4.18. The fraction of sp³-hybridized carbons (Fsp3) is 0.0909. The van der Waals surface area contributed by atoms with Crippen LogP contribution in [0.5, 0.6) is 11.5 Å². The lowest BCUT2D eigenvalue weighted by molar-refractivity contribution is 0.317. The molecule has 0 spiro atoms. The third kappa shape index (κ3) is 4.14. The van der Waals surface area contributed by atoms with Crippen LogP contribution in [0.25, 0.3) is 22.6 Å². The van der Waals surface area contributed by atoms with Crippen LogP contribution in [0, 0.1) is 5.82 Å². The van der Waals surface area contributed by atoms with Gasteiger partial charge in [0.1, 0.15) is 11.3 Å². The Labute approximate surface area is 174 Å². The van der Waals surface area contributed by atoms with E-state index in [-0.39, 0.29) is 11.6 Å². The summed E-state index contributed by atoms with van der Waals surface area (Å²) in [6.07, 6.45) is 1.56. The van der Waals surface area contributed by atoms with Crippen LogP contribution in [-0.2, 0) is 0 Å². The van der Waals surface area contributed by atoms with E-state index in [1.165, 1.54) is 12.1 Å². The number of benzene rings is 3. The molecule has 0 radical (unpaired) electrons. The molecule has 29 heavy (non-hydrogen) atoms. The molecule has 146 valence electrons. The van der Waals surface area contributed by atoms with E-state index in [4.69, 9.17) is 9.15 Å². The van der Waals surface area contributed by atoms with Gasteiger partial charge in [-0.3, -0.25) is 4.99 Å². The van der Waals surface area contributed by atoms with E-state index in [1.807, 2.05) is 6.92 Å². The molecule has 0 atom stereocenters. The van der Waals surface area contributed by atoms with Gasteiger partial charge in [-0.25, -0.2) is 9.37 Å². The van der Waals surface area contributed by atoms with Crippen LogP contribution in [0.3, 0.4) is 0 Å². The molecule has 0 saturated heterocycles. The molecule has 3 aromatic carbocycles. The van der Waals surface area contributed by atoms with Crippen molar-refractivity contribution in [2.45, 2.75) is 6.92 Å². The topological polar surface area (TPSA) is 67.9 Å². The quantitative estimate of drug-likeness (QED) is 0.361. The van der Waals surface area contributed by atoms with E-state index in [2.05, 4.69) is 25.9 Å². The van der Waals surface area contributed by atoms with Crippen LogP contribution < -0.4 is 4.74 Å². The van der Waals surface area contributed by atoms with Gasteiger partial charge in [0.25, 0.3) is 0 Å². The average Bonchev–Trinajstić information content (AvgIpc) is 3.13. The van der Waals surface area contributed by atoms with Crippen molar-refractivity contribution in [1.29, 1.82) is 0 Å². The molecule has 0 saturated carbocycles. The van der Waals surface area contributed by atoms with E-state index >= 15 is 0 Å². The molecule has 1 heterocycles. The van der Waals surface area contributed by atoms with E-state index < -0.39 is 0 Å². The Bertz CT molecular complexity index is 1200. The van der Waals surface area contributed by atoms with Gasteiger partial charge in [0.05, 0.1) is 12.3 Å². The first-order valence-electron chi connectivity index (χ1n) is 8.89. The van der Waals surface area contributed by atoms with Gasteiger partial charge in [-0.05, 0) is 61.5 Å². The monoisotopic (exact) mass is 454 g/mol. The first kappa shape index (κ1) is 19.1. The highest BCUT2D eigenvalue weighted by atomic mass is 79.9. The maximum atomic E-state index is 13.1. The van der Waals surface area contributed by atoms with Crippen molar-refractivity contribution >= 4 is 38.9 Å². The van der Waals surface area contributed by atoms with Crippen LogP contribution in [0.4, 0.5) is 10.1 Å². The summed E-state index contributed by atoms with van der Waals surface area (Å²) in [4.78, 5) is 8.89. The molecular weight excluding hydrogens is 439 g/mol. The van der Waals surface area contributed by atoms with Crippen molar-refractivity contribution in [3.63, 3.8) is 0 Å². The molecule has 0 unspecified atom stereocenters. The smallest absolute Gasteiger partial charge is 0.227 e. The summed E-state index contributed by atoms with van der Waals surface area (Å²) in [5, 5.41) is 10.4. The van der Waals surface area contributed by atoms with Crippen LogP contribution >= 0.6 is 15.9 Å². The van der Waals surface area contributed by atoms with E-state index in [9.17, 15) is 9.50 Å². The van der Waals surface area contributed by atoms with E-state index in [0.717, 1.165) is 4.47 Å². The maximum Gasteiger partial charge on any atom is 0.227 e. The van der Waals surface area contributed by atoms with Crippen LogP contribution in [-0.4, -0.2) is 22.9 Å². The first-order chi connectivity index (χ1) is 14.0.